The Morgan fingerprint density at radius 1 is 1.62 bits per heavy atom. The molecule has 0 radical (unpaired) electrons. The van der Waals surface area contributed by atoms with Crippen LogP contribution in [0.4, 0.5) is 0 Å². The molecule has 1 atom stereocenters. The summed E-state index contributed by atoms with van der Waals surface area (Å²) in [6, 6.07) is 0. The minimum atomic E-state index is -3.40. The maximum atomic E-state index is 10.5. The molecule has 0 rings (SSSR count). The number of rotatable bonds is 7. The van der Waals surface area contributed by atoms with Gasteiger partial charge in [0.25, 0.3) is 0 Å². The predicted molar refractivity (Wildman–Crippen MR) is 44.5 cm³/mol. The first-order chi connectivity index (χ1) is 6.07. The predicted octanol–water partition coefficient (Wildman–Crippen LogP) is -0.638. The molecule has 0 saturated carbocycles. The Bertz CT molecular complexity index is 155. The number of nitrogens with two attached hydrogens (primary N) is 1. The molecule has 0 aliphatic heterocycles. The van der Waals surface area contributed by atoms with E-state index in [-0.39, 0.29) is 12.0 Å². The fourth-order valence-electron chi connectivity index (χ4n) is 0.889. The summed E-state index contributed by atoms with van der Waals surface area (Å²) in [6.07, 6.45) is -0.191. The molecule has 5 nitrogen and oxygen atoms in total. The van der Waals surface area contributed by atoms with E-state index in [0.717, 1.165) is 0 Å². The first-order valence-electron chi connectivity index (χ1n) is 4.38. The third-order valence-corrected chi connectivity index (χ3v) is 2.45. The zero-order chi connectivity index (χ0) is 10.3. The SMILES string of the molecule is CC(C)C(CNCCN)[O][Ti](=[O])[OH]. The van der Waals surface area contributed by atoms with Crippen LogP contribution in [0.5, 0.6) is 0 Å². The van der Waals surface area contributed by atoms with Gasteiger partial charge in [-0.05, 0) is 0 Å². The zero-order valence-electron chi connectivity index (χ0n) is 8.12. The molecule has 0 spiro atoms. The van der Waals surface area contributed by atoms with Gasteiger partial charge in [0, 0.05) is 0 Å². The Morgan fingerprint density at radius 2 is 2.23 bits per heavy atom. The first-order valence-corrected chi connectivity index (χ1v) is 6.35. The Balaban J connectivity index is 3.74. The van der Waals surface area contributed by atoms with E-state index in [1.807, 2.05) is 13.8 Å². The zero-order valence-corrected chi connectivity index (χ0v) is 9.68. The van der Waals surface area contributed by atoms with Crippen LogP contribution in [0.2, 0.25) is 0 Å². The summed E-state index contributed by atoms with van der Waals surface area (Å²) in [6.45, 7) is 5.75. The van der Waals surface area contributed by atoms with Gasteiger partial charge in [-0.15, -0.1) is 0 Å². The summed E-state index contributed by atoms with van der Waals surface area (Å²) in [4.78, 5) is 0. The minimum absolute atomic E-state index is 0.191. The van der Waals surface area contributed by atoms with E-state index in [1.54, 1.807) is 0 Å². The second kappa shape index (κ2) is 7.73. The first kappa shape index (κ1) is 13.4. The van der Waals surface area contributed by atoms with Crippen molar-refractivity contribution in [2.24, 2.45) is 11.7 Å². The molecule has 0 aromatic heterocycles. The van der Waals surface area contributed by atoms with E-state index in [9.17, 15) is 3.32 Å². The van der Waals surface area contributed by atoms with Crippen LogP contribution >= 0.6 is 0 Å². The van der Waals surface area contributed by atoms with Crippen molar-refractivity contribution >= 4 is 0 Å². The molecule has 4 N–H and O–H groups in total. The van der Waals surface area contributed by atoms with Gasteiger partial charge in [-0.1, -0.05) is 0 Å². The van der Waals surface area contributed by atoms with Crippen LogP contribution in [0, 0.1) is 5.92 Å². The van der Waals surface area contributed by atoms with Crippen molar-refractivity contribution in [3.05, 3.63) is 0 Å². The van der Waals surface area contributed by atoms with E-state index in [2.05, 4.69) is 5.32 Å². The monoisotopic (exact) mass is 226 g/mol. The molecule has 0 amide bonds. The van der Waals surface area contributed by atoms with Crippen LogP contribution in [0.25, 0.3) is 0 Å². The Kier molecular flexibility index (Phi) is 7.94. The van der Waals surface area contributed by atoms with Crippen LogP contribution in [-0.2, 0) is 25.3 Å². The van der Waals surface area contributed by atoms with Crippen LogP contribution in [0.1, 0.15) is 13.8 Å². The van der Waals surface area contributed by atoms with E-state index in [4.69, 9.17) is 12.7 Å². The second-order valence-corrected chi connectivity index (χ2v) is 4.36. The normalized spacial score (nSPS) is 13.3. The van der Waals surface area contributed by atoms with Gasteiger partial charge < -0.3 is 0 Å². The molecule has 0 aliphatic carbocycles. The third-order valence-electron chi connectivity index (χ3n) is 1.66. The van der Waals surface area contributed by atoms with Crippen molar-refractivity contribution in [3.8, 4) is 0 Å². The molecule has 0 aromatic rings. The third kappa shape index (κ3) is 7.43. The van der Waals surface area contributed by atoms with E-state index < -0.39 is 18.6 Å². The van der Waals surface area contributed by atoms with Crippen molar-refractivity contribution in [3.63, 3.8) is 0 Å². The van der Waals surface area contributed by atoms with Gasteiger partial charge in [-0.3, -0.25) is 0 Å². The molecular formula is C7H18N2O3Ti. The maximum absolute atomic E-state index is 10.5. The standard InChI is InChI=1S/C7H17N2O.H2O.O.Ti/c1-6(2)7(10)5-9-4-3-8;;;/h6-7,9H,3-5,8H2,1-2H3;1H2;;/q-1;;;+2/p-1. The van der Waals surface area contributed by atoms with E-state index in [0.29, 0.717) is 19.6 Å². The van der Waals surface area contributed by atoms with Crippen molar-refractivity contribution in [1.29, 1.82) is 0 Å². The number of hydrogen-bond acceptors (Lipinski definition) is 4. The molecule has 0 fully saturated rings. The molecule has 0 aromatic carbocycles. The molecule has 1 unspecified atom stereocenters. The van der Waals surface area contributed by atoms with Crippen LogP contribution in [-0.4, -0.2) is 29.4 Å². The van der Waals surface area contributed by atoms with Crippen molar-refractivity contribution in [2.75, 3.05) is 19.6 Å². The van der Waals surface area contributed by atoms with Gasteiger partial charge in [-0.2, -0.15) is 0 Å². The molecule has 0 saturated heterocycles. The van der Waals surface area contributed by atoms with Gasteiger partial charge in [0.15, 0.2) is 0 Å². The van der Waals surface area contributed by atoms with Crippen molar-refractivity contribution in [2.45, 2.75) is 20.0 Å². The van der Waals surface area contributed by atoms with Crippen molar-refractivity contribution in [1.82, 2.24) is 5.32 Å². The topological polar surface area (TPSA) is 84.6 Å². The van der Waals surface area contributed by atoms with Crippen molar-refractivity contribution < 1.29 is 28.9 Å². The number of hydrogen-bond donors (Lipinski definition) is 3. The Morgan fingerprint density at radius 3 is 2.62 bits per heavy atom. The summed E-state index contributed by atoms with van der Waals surface area (Å²) in [5, 5.41) is 3.05. The molecule has 6 heteroatoms. The molecule has 0 aliphatic rings. The second-order valence-electron chi connectivity index (χ2n) is 3.16. The van der Waals surface area contributed by atoms with Gasteiger partial charge in [0.2, 0.25) is 0 Å². The fourth-order valence-corrected chi connectivity index (χ4v) is 1.85. The van der Waals surface area contributed by atoms with Gasteiger partial charge in [-0.25, -0.2) is 0 Å². The van der Waals surface area contributed by atoms with Gasteiger partial charge >= 0.3 is 85.5 Å². The van der Waals surface area contributed by atoms with E-state index >= 15 is 0 Å². The number of nitrogens with one attached hydrogen (secondary N) is 1. The summed E-state index contributed by atoms with van der Waals surface area (Å²) in [5.74, 6) is 0.230. The van der Waals surface area contributed by atoms with Crippen LogP contribution < -0.4 is 11.1 Å². The molecule has 0 bridgehead atoms. The molecule has 0 heterocycles. The summed E-state index contributed by atoms with van der Waals surface area (Å²) in [5.41, 5.74) is 5.29. The van der Waals surface area contributed by atoms with Gasteiger partial charge in [0.1, 0.15) is 0 Å². The van der Waals surface area contributed by atoms with Crippen LogP contribution in [0.3, 0.4) is 0 Å². The molecule has 78 valence electrons. The Hall–Kier alpha value is 0.354. The van der Waals surface area contributed by atoms with E-state index in [1.165, 1.54) is 0 Å². The summed E-state index contributed by atoms with van der Waals surface area (Å²) < 4.78 is 24.1. The van der Waals surface area contributed by atoms with Gasteiger partial charge in [0.05, 0.1) is 0 Å². The van der Waals surface area contributed by atoms with Crippen LogP contribution in [0.15, 0.2) is 0 Å². The summed E-state index contributed by atoms with van der Waals surface area (Å²) >= 11 is -3.40. The average Bonchev–Trinajstić information content (AvgIpc) is 2.02. The Labute approximate surface area is 85.8 Å². The molecule has 13 heavy (non-hydrogen) atoms. The fraction of sp³-hybridized carbons (Fsp3) is 1.00. The quantitative estimate of drug-likeness (QED) is 0.397. The average molecular weight is 226 g/mol. The molecular weight excluding hydrogens is 208 g/mol. The summed E-state index contributed by atoms with van der Waals surface area (Å²) in [7, 11) is 0.